The van der Waals surface area contributed by atoms with Crippen molar-refractivity contribution in [2.45, 2.75) is 4.90 Å². The molecule has 12 nitrogen and oxygen atoms in total. The van der Waals surface area contributed by atoms with Gasteiger partial charge in [0.1, 0.15) is 17.5 Å². The van der Waals surface area contributed by atoms with Gasteiger partial charge < -0.3 is 9.84 Å². The van der Waals surface area contributed by atoms with Crippen molar-refractivity contribution in [2.24, 2.45) is 0 Å². The van der Waals surface area contributed by atoms with Crippen LogP contribution in [0.1, 0.15) is 10.4 Å². The molecule has 3 aromatic rings. The molecule has 1 heterocycles. The van der Waals surface area contributed by atoms with E-state index in [4.69, 9.17) is 16.3 Å². The molecule has 1 aromatic heterocycles. The van der Waals surface area contributed by atoms with Gasteiger partial charge in [0.2, 0.25) is 0 Å². The summed E-state index contributed by atoms with van der Waals surface area (Å²) < 4.78 is 32.3. The molecule has 3 rings (SSSR count). The summed E-state index contributed by atoms with van der Waals surface area (Å²) in [4.78, 5) is 37.4. The van der Waals surface area contributed by atoms with Gasteiger partial charge in [-0.25, -0.2) is 18.2 Å². The van der Waals surface area contributed by atoms with Gasteiger partial charge in [0.05, 0.1) is 9.82 Å². The summed E-state index contributed by atoms with van der Waals surface area (Å²) >= 11 is 6.37. The first kappa shape index (κ1) is 23.9. The number of ether oxygens (including phenoxy) is 1. The molecule has 0 saturated heterocycles. The van der Waals surface area contributed by atoms with Crippen molar-refractivity contribution < 1.29 is 32.8 Å². The smallest absolute Gasteiger partial charge is 0.345 e. The number of phenols is 1. The van der Waals surface area contributed by atoms with Crippen LogP contribution in [0, 0.1) is 10.1 Å². The first-order chi connectivity index (χ1) is 15.5. The molecule has 0 aliphatic heterocycles. The number of nitrogens with one attached hydrogen (secondary N) is 2. The molecule has 15 heteroatoms. The molecule has 172 valence electrons. The van der Waals surface area contributed by atoms with Crippen LogP contribution in [0.5, 0.6) is 5.75 Å². The lowest BCUT2D eigenvalue weighted by atomic mass is 10.2. The Morgan fingerprint density at radius 1 is 1.21 bits per heavy atom. The van der Waals surface area contributed by atoms with Crippen LogP contribution in [0.3, 0.4) is 0 Å². The van der Waals surface area contributed by atoms with Gasteiger partial charge in [0.25, 0.3) is 15.9 Å². The lowest BCUT2D eigenvalue weighted by Crippen LogP contribution is -2.21. The number of hydrogen-bond acceptors (Lipinski definition) is 10. The molecule has 0 saturated carbocycles. The average molecular weight is 513 g/mol. The third-order valence-corrected chi connectivity index (χ3v) is 6.34. The molecule has 0 fully saturated rings. The number of hydrogen-bond donors (Lipinski definition) is 3. The van der Waals surface area contributed by atoms with Crippen LogP contribution in [0.15, 0.2) is 53.6 Å². The number of aromatic hydroxyl groups is 1. The molecule has 0 aliphatic carbocycles. The second-order valence-electron chi connectivity index (χ2n) is 6.18. The number of halogens is 1. The highest BCUT2D eigenvalue weighted by molar-refractivity contribution is 7.92. The van der Waals surface area contributed by atoms with Crippen molar-refractivity contribution in [3.05, 3.63) is 69.4 Å². The van der Waals surface area contributed by atoms with Crippen LogP contribution >= 0.6 is 22.9 Å². The first-order valence-electron chi connectivity index (χ1n) is 8.74. The fourth-order valence-electron chi connectivity index (χ4n) is 2.35. The fourth-order valence-corrected chi connectivity index (χ4v) is 4.21. The molecule has 1 amide bonds. The topological polar surface area (TPSA) is 178 Å². The van der Waals surface area contributed by atoms with E-state index < -0.39 is 44.7 Å². The highest BCUT2D eigenvalue weighted by atomic mass is 35.5. The molecule has 0 bridgehead atoms. The number of anilines is 2. The van der Waals surface area contributed by atoms with Gasteiger partial charge in [-0.3, -0.25) is 24.9 Å². The Bertz CT molecular complexity index is 1330. The van der Waals surface area contributed by atoms with Crippen LogP contribution in [-0.4, -0.2) is 41.9 Å². The van der Waals surface area contributed by atoms with Gasteiger partial charge in [0.15, 0.2) is 11.7 Å². The first-order valence-corrected chi connectivity index (χ1v) is 11.4. The molecular formula is C18H13ClN4O8S2. The number of thiazole rings is 1. The number of phenolic OH excluding ortho intramolecular Hbond substituents is 1. The average Bonchev–Trinajstić information content (AvgIpc) is 3.22. The van der Waals surface area contributed by atoms with Crippen molar-refractivity contribution in [1.82, 2.24) is 4.98 Å². The third kappa shape index (κ3) is 6.15. The van der Waals surface area contributed by atoms with Gasteiger partial charge in [-0.15, -0.1) is 0 Å². The van der Waals surface area contributed by atoms with Crippen LogP contribution in [-0.2, 0) is 19.6 Å². The van der Waals surface area contributed by atoms with Crippen molar-refractivity contribution >= 4 is 60.7 Å². The number of nitro groups is 1. The highest BCUT2D eigenvalue weighted by Crippen LogP contribution is 2.26. The van der Waals surface area contributed by atoms with E-state index in [9.17, 15) is 33.2 Å². The van der Waals surface area contributed by atoms with Crippen LogP contribution in [0.4, 0.5) is 15.8 Å². The minimum absolute atomic E-state index is 0.0769. The van der Waals surface area contributed by atoms with Crippen LogP contribution < -0.4 is 10.0 Å². The van der Waals surface area contributed by atoms with Crippen LogP contribution in [0.2, 0.25) is 5.02 Å². The second-order valence-corrected chi connectivity index (χ2v) is 9.30. The van der Waals surface area contributed by atoms with E-state index in [1.165, 1.54) is 24.3 Å². The summed E-state index contributed by atoms with van der Waals surface area (Å²) in [6.07, 6.45) is 0.953. The zero-order chi connectivity index (χ0) is 24.2. The lowest BCUT2D eigenvalue weighted by molar-refractivity contribution is -0.380. The molecule has 0 unspecified atom stereocenters. The zero-order valence-electron chi connectivity index (χ0n) is 16.2. The molecule has 2 aromatic carbocycles. The summed E-state index contributed by atoms with van der Waals surface area (Å²) in [7, 11) is -4.13. The standard InChI is InChI=1S/C18H13ClN4O8S2/c19-10-1-3-11(4-2-10)22-33(29,30)12-5-6-14(24)13(7-12)17(26)31-9-15(25)21-18-20-8-16(32-18)23(27)28/h1-8,22,24H,9H2,(H,20,21,25). The number of esters is 1. The predicted octanol–water partition coefficient (Wildman–Crippen LogP) is 3.01. The Hall–Kier alpha value is -3.75. The van der Waals surface area contributed by atoms with Gasteiger partial charge in [0, 0.05) is 10.7 Å². The van der Waals surface area contributed by atoms with Gasteiger partial charge in [-0.05, 0) is 53.8 Å². The number of amides is 1. The molecule has 0 aliphatic rings. The minimum Gasteiger partial charge on any atom is -0.507 e. The predicted molar refractivity (Wildman–Crippen MR) is 118 cm³/mol. The minimum atomic E-state index is -4.13. The maximum atomic E-state index is 12.6. The molecule has 0 atom stereocenters. The maximum absolute atomic E-state index is 12.6. The Balaban J connectivity index is 1.67. The number of rotatable bonds is 8. The fraction of sp³-hybridized carbons (Fsp3) is 0.0556. The largest absolute Gasteiger partial charge is 0.507 e. The summed E-state index contributed by atoms with van der Waals surface area (Å²) in [6.45, 7) is -0.814. The molecule has 3 N–H and O–H groups in total. The Kier molecular flexibility index (Phi) is 7.10. The molecule has 0 radical (unpaired) electrons. The summed E-state index contributed by atoms with van der Waals surface area (Å²) in [5.41, 5.74) is -0.276. The van der Waals surface area contributed by atoms with E-state index in [2.05, 4.69) is 15.0 Å². The highest BCUT2D eigenvalue weighted by Gasteiger charge is 2.21. The van der Waals surface area contributed by atoms with Gasteiger partial charge in [-0.1, -0.05) is 11.6 Å². The van der Waals surface area contributed by atoms with Gasteiger partial charge >= 0.3 is 11.0 Å². The molecule has 33 heavy (non-hydrogen) atoms. The van der Waals surface area contributed by atoms with Gasteiger partial charge in [-0.2, -0.15) is 0 Å². The number of carbonyl (C=O) groups excluding carboxylic acids is 2. The monoisotopic (exact) mass is 512 g/mol. The zero-order valence-corrected chi connectivity index (χ0v) is 18.6. The maximum Gasteiger partial charge on any atom is 0.345 e. The van der Waals surface area contributed by atoms with E-state index in [0.717, 1.165) is 24.4 Å². The van der Waals surface area contributed by atoms with Crippen molar-refractivity contribution in [3.63, 3.8) is 0 Å². The molecular weight excluding hydrogens is 500 g/mol. The van der Waals surface area contributed by atoms with E-state index in [1.54, 1.807) is 0 Å². The summed E-state index contributed by atoms with van der Waals surface area (Å²) in [5, 5.41) is 22.8. The summed E-state index contributed by atoms with van der Waals surface area (Å²) in [6, 6.07) is 8.78. The Morgan fingerprint density at radius 3 is 2.55 bits per heavy atom. The van der Waals surface area contributed by atoms with E-state index in [0.29, 0.717) is 16.4 Å². The molecule has 0 spiro atoms. The lowest BCUT2D eigenvalue weighted by Gasteiger charge is -2.11. The van der Waals surface area contributed by atoms with Crippen LogP contribution in [0.25, 0.3) is 0 Å². The Labute approximate surface area is 195 Å². The SMILES string of the molecule is O=C(COC(=O)c1cc(S(=O)(=O)Nc2ccc(Cl)cc2)ccc1O)Nc1ncc([N+](=O)[O-])s1. The Morgan fingerprint density at radius 2 is 1.91 bits per heavy atom. The van der Waals surface area contributed by atoms with Crippen molar-refractivity contribution in [3.8, 4) is 5.75 Å². The second kappa shape index (κ2) is 9.81. The number of nitrogens with zero attached hydrogens (tertiary/aromatic N) is 2. The normalized spacial score (nSPS) is 10.9. The van der Waals surface area contributed by atoms with E-state index in [1.807, 2.05) is 0 Å². The number of benzene rings is 2. The quantitative estimate of drug-likeness (QED) is 0.232. The van der Waals surface area contributed by atoms with Crippen molar-refractivity contribution in [1.29, 1.82) is 0 Å². The van der Waals surface area contributed by atoms with E-state index in [-0.39, 0.29) is 20.7 Å². The summed E-state index contributed by atoms with van der Waals surface area (Å²) in [5.74, 6) is -2.59. The number of sulfonamides is 1. The number of carbonyl (C=O) groups is 2. The third-order valence-electron chi connectivity index (χ3n) is 3.85. The van der Waals surface area contributed by atoms with Crippen molar-refractivity contribution in [2.75, 3.05) is 16.6 Å². The number of aromatic nitrogens is 1. The van der Waals surface area contributed by atoms with E-state index >= 15 is 0 Å².